The fourth-order valence-electron chi connectivity index (χ4n) is 7.29. The Kier molecular flexibility index (Phi) is 6.50. The minimum atomic E-state index is -1.43. The molecule has 1 spiro atoms. The molecule has 44 heavy (non-hydrogen) atoms. The highest BCUT2D eigenvalue weighted by atomic mass is 16.5. The fraction of sp³-hybridized carbons (Fsp3) is 0.194. The van der Waals surface area contributed by atoms with E-state index in [1.54, 1.807) is 42.5 Å². The molecule has 0 radical (unpaired) electrons. The van der Waals surface area contributed by atoms with Crippen LogP contribution in [0.15, 0.2) is 97.2 Å². The summed E-state index contributed by atoms with van der Waals surface area (Å²) in [6.07, 6.45) is 3.78. The highest BCUT2D eigenvalue weighted by Crippen LogP contribution is 2.62. The van der Waals surface area contributed by atoms with E-state index >= 15 is 0 Å². The van der Waals surface area contributed by atoms with Crippen molar-refractivity contribution < 1.29 is 28.6 Å². The molecule has 7 rings (SSSR count). The van der Waals surface area contributed by atoms with E-state index in [2.05, 4.69) is 5.32 Å². The molecule has 1 amide bonds. The van der Waals surface area contributed by atoms with Crippen LogP contribution >= 0.6 is 0 Å². The number of benzene rings is 4. The van der Waals surface area contributed by atoms with Crippen LogP contribution in [0, 0.1) is 5.92 Å². The van der Waals surface area contributed by atoms with E-state index in [4.69, 9.17) is 14.2 Å². The first-order valence-electron chi connectivity index (χ1n) is 14.3. The van der Waals surface area contributed by atoms with Crippen LogP contribution in [0.5, 0.6) is 17.2 Å². The van der Waals surface area contributed by atoms with Crippen molar-refractivity contribution in [2.45, 2.75) is 17.5 Å². The van der Waals surface area contributed by atoms with Crippen molar-refractivity contribution >= 4 is 29.2 Å². The Hall–Kier alpha value is -5.37. The summed E-state index contributed by atoms with van der Waals surface area (Å²) in [5, 5.41) is 3.07. The van der Waals surface area contributed by atoms with Crippen LogP contribution in [0.4, 0.5) is 5.69 Å². The first-order valence-corrected chi connectivity index (χ1v) is 14.3. The van der Waals surface area contributed by atoms with E-state index in [0.29, 0.717) is 34.1 Å². The average Bonchev–Trinajstić information content (AvgIpc) is 3.55. The van der Waals surface area contributed by atoms with Gasteiger partial charge in [-0.3, -0.25) is 14.4 Å². The van der Waals surface area contributed by atoms with E-state index in [1.807, 2.05) is 65.7 Å². The molecule has 4 aromatic rings. The highest BCUT2D eigenvalue weighted by Gasteiger charge is 2.70. The molecule has 4 atom stereocenters. The normalized spacial score (nSPS) is 22.6. The maximum absolute atomic E-state index is 15.0. The van der Waals surface area contributed by atoms with Gasteiger partial charge in [-0.05, 0) is 53.1 Å². The third kappa shape index (κ3) is 3.80. The monoisotopic (exact) mass is 586 g/mol. The number of anilines is 1. The third-order valence-corrected chi connectivity index (χ3v) is 9.15. The molecule has 0 saturated carbocycles. The molecule has 3 aliphatic heterocycles. The lowest BCUT2D eigenvalue weighted by atomic mass is 9.62. The van der Waals surface area contributed by atoms with Gasteiger partial charge in [0.25, 0.3) is 0 Å². The van der Waals surface area contributed by atoms with Crippen LogP contribution in [-0.4, -0.2) is 49.7 Å². The Morgan fingerprint density at radius 3 is 2.34 bits per heavy atom. The zero-order chi connectivity index (χ0) is 30.6. The molecule has 220 valence electrons. The minimum absolute atomic E-state index is 0.288. The first kappa shape index (κ1) is 27.5. The SMILES string of the molecule is COc1cccc(C(=O)C2C(C(=O)c3ccc(OC)cc3OC)N3C=Cc4ccccc4C3C23C(=O)Nc2ccccc23)c1. The lowest BCUT2D eigenvalue weighted by Gasteiger charge is -2.38. The van der Waals surface area contributed by atoms with E-state index in [-0.39, 0.29) is 23.0 Å². The Morgan fingerprint density at radius 1 is 0.795 bits per heavy atom. The molecule has 4 aromatic carbocycles. The maximum Gasteiger partial charge on any atom is 0.238 e. The van der Waals surface area contributed by atoms with Crippen molar-refractivity contribution in [3.63, 3.8) is 0 Å². The van der Waals surface area contributed by atoms with Gasteiger partial charge in [0.15, 0.2) is 11.6 Å². The van der Waals surface area contributed by atoms with Crippen LogP contribution < -0.4 is 19.5 Å². The molecule has 1 saturated heterocycles. The summed E-state index contributed by atoms with van der Waals surface area (Å²) in [6.45, 7) is 0. The summed E-state index contributed by atoms with van der Waals surface area (Å²) in [4.78, 5) is 46.4. The van der Waals surface area contributed by atoms with Crippen LogP contribution in [0.3, 0.4) is 0 Å². The van der Waals surface area contributed by atoms with Gasteiger partial charge in [-0.15, -0.1) is 0 Å². The van der Waals surface area contributed by atoms with Gasteiger partial charge in [-0.2, -0.15) is 0 Å². The third-order valence-electron chi connectivity index (χ3n) is 9.15. The number of hydrogen-bond acceptors (Lipinski definition) is 7. The molecular weight excluding hydrogens is 556 g/mol. The molecule has 1 N–H and O–H groups in total. The topological polar surface area (TPSA) is 94.2 Å². The molecule has 0 bridgehead atoms. The quantitative estimate of drug-likeness (QED) is 0.278. The number of ether oxygens (including phenoxy) is 3. The van der Waals surface area contributed by atoms with Gasteiger partial charge in [0.05, 0.1) is 38.9 Å². The first-order chi connectivity index (χ1) is 21.4. The summed E-state index contributed by atoms with van der Waals surface area (Å²) in [7, 11) is 4.56. The number of rotatable bonds is 7. The van der Waals surface area contributed by atoms with Crippen molar-refractivity contribution in [1.82, 2.24) is 4.90 Å². The van der Waals surface area contributed by atoms with E-state index < -0.39 is 23.4 Å². The summed E-state index contributed by atoms with van der Waals surface area (Å²) in [6, 6.07) is 25.4. The van der Waals surface area contributed by atoms with Crippen LogP contribution in [0.2, 0.25) is 0 Å². The number of hydrogen-bond donors (Lipinski definition) is 1. The van der Waals surface area contributed by atoms with Gasteiger partial charge in [0.1, 0.15) is 28.7 Å². The Balaban J connectivity index is 1.53. The van der Waals surface area contributed by atoms with E-state index in [9.17, 15) is 14.4 Å². The number of Topliss-reactive ketones (excluding diaryl/α,β-unsaturated/α-hetero) is 2. The predicted octanol–water partition coefficient (Wildman–Crippen LogP) is 5.69. The predicted molar refractivity (Wildman–Crippen MR) is 165 cm³/mol. The number of fused-ring (bicyclic) bond motifs is 6. The van der Waals surface area contributed by atoms with Gasteiger partial charge < -0.3 is 24.4 Å². The van der Waals surface area contributed by atoms with Crippen molar-refractivity contribution in [1.29, 1.82) is 0 Å². The standard InChI is InChI=1S/C36H30N2O6/c1-42-23-11-8-10-22(19-23)32(39)30-31(33(40)26-16-15-24(43-2)20-29(26)44-3)38-18-17-21-9-4-5-12-25(21)34(38)36(30)27-13-6-7-14-28(27)37-35(36)41/h4-20,30-31,34H,1-3H3,(H,37,41). The number of amides is 1. The fourth-order valence-corrected chi connectivity index (χ4v) is 7.29. The second kappa shape index (κ2) is 10.4. The number of nitrogens with zero attached hydrogens (tertiary/aromatic N) is 1. The number of ketones is 2. The Bertz CT molecular complexity index is 1870. The average molecular weight is 587 g/mol. The van der Waals surface area contributed by atoms with Crippen LogP contribution in [0.25, 0.3) is 6.08 Å². The largest absolute Gasteiger partial charge is 0.497 e. The van der Waals surface area contributed by atoms with Crippen molar-refractivity contribution in [2.75, 3.05) is 26.6 Å². The molecule has 0 aromatic heterocycles. The molecular formula is C36H30N2O6. The van der Waals surface area contributed by atoms with Crippen LogP contribution in [0.1, 0.15) is 43.4 Å². The van der Waals surface area contributed by atoms with Crippen molar-refractivity contribution in [3.8, 4) is 17.2 Å². The molecule has 8 heteroatoms. The second-order valence-corrected chi connectivity index (χ2v) is 11.1. The number of carbonyl (C=O) groups excluding carboxylic acids is 3. The Labute approximate surface area is 254 Å². The zero-order valence-electron chi connectivity index (χ0n) is 24.4. The minimum Gasteiger partial charge on any atom is -0.497 e. The van der Waals surface area contributed by atoms with Gasteiger partial charge >= 0.3 is 0 Å². The van der Waals surface area contributed by atoms with E-state index in [1.165, 1.54) is 21.3 Å². The molecule has 8 nitrogen and oxygen atoms in total. The second-order valence-electron chi connectivity index (χ2n) is 11.1. The molecule has 0 aliphatic carbocycles. The van der Waals surface area contributed by atoms with Gasteiger partial charge in [0, 0.05) is 23.5 Å². The lowest BCUT2D eigenvalue weighted by molar-refractivity contribution is -0.122. The number of carbonyl (C=O) groups is 3. The molecule has 1 fully saturated rings. The summed E-state index contributed by atoms with van der Waals surface area (Å²) in [5.74, 6) is -0.760. The summed E-state index contributed by atoms with van der Waals surface area (Å²) in [5.41, 5.74) is 2.30. The number of nitrogens with one attached hydrogen (secondary N) is 1. The van der Waals surface area contributed by atoms with Gasteiger partial charge in [0.2, 0.25) is 5.91 Å². The van der Waals surface area contributed by atoms with Crippen molar-refractivity contribution in [2.24, 2.45) is 5.92 Å². The summed E-state index contributed by atoms with van der Waals surface area (Å²) >= 11 is 0. The smallest absolute Gasteiger partial charge is 0.238 e. The molecule has 3 aliphatic rings. The zero-order valence-corrected chi connectivity index (χ0v) is 24.4. The Morgan fingerprint density at radius 2 is 1.55 bits per heavy atom. The van der Waals surface area contributed by atoms with Crippen molar-refractivity contribution in [3.05, 3.63) is 125 Å². The van der Waals surface area contributed by atoms with Crippen LogP contribution in [-0.2, 0) is 10.2 Å². The van der Waals surface area contributed by atoms with E-state index in [0.717, 1.165) is 11.1 Å². The van der Waals surface area contributed by atoms with Gasteiger partial charge in [-0.25, -0.2) is 0 Å². The number of para-hydroxylation sites is 1. The highest BCUT2D eigenvalue weighted by molar-refractivity contribution is 6.17. The molecule has 3 heterocycles. The maximum atomic E-state index is 15.0. The van der Waals surface area contributed by atoms with Gasteiger partial charge in [-0.1, -0.05) is 54.6 Å². The number of methoxy groups -OCH3 is 3. The summed E-state index contributed by atoms with van der Waals surface area (Å²) < 4.78 is 16.5. The lowest BCUT2D eigenvalue weighted by Crippen LogP contribution is -2.49. The molecule has 4 unspecified atom stereocenters.